The highest BCUT2D eigenvalue weighted by Gasteiger charge is 2.21. The second kappa shape index (κ2) is 21.1. The van der Waals surface area contributed by atoms with Crippen LogP contribution in [0, 0.1) is 0 Å². The zero-order valence-corrected chi connectivity index (χ0v) is 20.1. The van der Waals surface area contributed by atoms with Crippen LogP contribution in [0.2, 0.25) is 0 Å². The number of unbranched alkanes of at least 4 members (excludes halogenated alkanes) is 17. The molecule has 0 saturated carbocycles. The van der Waals surface area contributed by atoms with Gasteiger partial charge in [0, 0.05) is 6.61 Å². The fourth-order valence-electron chi connectivity index (χ4n) is 4.02. The summed E-state index contributed by atoms with van der Waals surface area (Å²) in [5.74, 6) is 0. The molecule has 0 radical (unpaired) electrons. The molecule has 4 nitrogen and oxygen atoms in total. The molecule has 0 spiro atoms. The van der Waals surface area contributed by atoms with Crippen molar-refractivity contribution < 1.29 is 18.1 Å². The van der Waals surface area contributed by atoms with Gasteiger partial charge in [-0.25, -0.2) is 0 Å². The van der Waals surface area contributed by atoms with Gasteiger partial charge in [0.25, 0.3) is 10.1 Å². The average Bonchev–Trinajstić information content (AvgIpc) is 2.68. The average molecular weight is 435 g/mol. The van der Waals surface area contributed by atoms with Crippen molar-refractivity contribution in [1.29, 1.82) is 0 Å². The van der Waals surface area contributed by atoms with Crippen molar-refractivity contribution in [2.24, 2.45) is 0 Å². The molecule has 176 valence electrons. The normalized spacial score (nSPS) is 13.1. The maximum atomic E-state index is 11.6. The van der Waals surface area contributed by atoms with Crippen molar-refractivity contribution in [3.05, 3.63) is 0 Å². The summed E-state index contributed by atoms with van der Waals surface area (Å²) in [6.07, 6.45) is 23.7. The lowest BCUT2D eigenvalue weighted by Crippen LogP contribution is -2.20. The lowest BCUT2D eigenvalue weighted by Gasteiger charge is -2.13. The van der Waals surface area contributed by atoms with E-state index in [1.54, 1.807) is 0 Å². The molecular weight excluding hydrogens is 384 g/mol. The largest absolute Gasteiger partial charge is 0.396 e. The molecule has 5 heteroatoms. The molecule has 29 heavy (non-hydrogen) atoms. The Labute approximate surface area is 182 Å². The van der Waals surface area contributed by atoms with Crippen LogP contribution in [0.25, 0.3) is 0 Å². The Morgan fingerprint density at radius 3 is 1.17 bits per heavy atom. The van der Waals surface area contributed by atoms with Gasteiger partial charge in [-0.15, -0.1) is 0 Å². The van der Waals surface area contributed by atoms with Gasteiger partial charge in [-0.1, -0.05) is 122 Å². The summed E-state index contributed by atoms with van der Waals surface area (Å²) in [6, 6.07) is 0. The van der Waals surface area contributed by atoms with Crippen molar-refractivity contribution in [2.75, 3.05) is 6.61 Å². The van der Waals surface area contributed by atoms with Crippen LogP contribution in [-0.4, -0.2) is 29.9 Å². The molecule has 0 aromatic carbocycles. The summed E-state index contributed by atoms with van der Waals surface area (Å²) in [4.78, 5) is 0. The summed E-state index contributed by atoms with van der Waals surface area (Å²) in [7, 11) is -3.90. The van der Waals surface area contributed by atoms with Crippen LogP contribution < -0.4 is 0 Å². The summed E-state index contributed by atoms with van der Waals surface area (Å²) in [5, 5.41) is 8.19. The quantitative estimate of drug-likeness (QED) is 0.129. The van der Waals surface area contributed by atoms with Gasteiger partial charge in [0.1, 0.15) is 0 Å². The lowest BCUT2D eigenvalue weighted by molar-refractivity contribution is 0.282. The van der Waals surface area contributed by atoms with Crippen LogP contribution in [0.4, 0.5) is 0 Å². The van der Waals surface area contributed by atoms with Crippen molar-refractivity contribution in [2.45, 2.75) is 147 Å². The predicted molar refractivity (Wildman–Crippen MR) is 125 cm³/mol. The van der Waals surface area contributed by atoms with Crippen LogP contribution in [0.15, 0.2) is 0 Å². The fraction of sp³-hybridized carbons (Fsp3) is 1.00. The smallest absolute Gasteiger partial charge is 0.267 e. The highest BCUT2D eigenvalue weighted by molar-refractivity contribution is 7.86. The molecule has 1 atom stereocenters. The van der Waals surface area contributed by atoms with Crippen LogP contribution >= 0.6 is 0 Å². The van der Waals surface area contributed by atoms with Gasteiger partial charge in [0.05, 0.1) is 5.25 Å². The Morgan fingerprint density at radius 1 is 0.552 bits per heavy atom. The molecule has 0 heterocycles. The lowest BCUT2D eigenvalue weighted by atomic mass is 10.0. The van der Waals surface area contributed by atoms with Crippen molar-refractivity contribution in [1.82, 2.24) is 0 Å². The Kier molecular flexibility index (Phi) is 21.0. The maximum Gasteiger partial charge on any atom is 0.267 e. The first-order chi connectivity index (χ1) is 14.0. The van der Waals surface area contributed by atoms with Gasteiger partial charge in [-0.2, -0.15) is 8.42 Å². The third kappa shape index (κ3) is 20.9. The van der Waals surface area contributed by atoms with Gasteiger partial charge in [-0.3, -0.25) is 4.55 Å². The molecule has 0 aliphatic rings. The standard InChI is InChI=1S/C24H50O4S/c1-2-3-4-5-12-15-18-21-24(29(26,27)28)22-19-16-13-10-8-6-7-9-11-14-17-20-23-25/h24-25H,2-23H2,1H3,(H,26,27,28). The van der Waals surface area contributed by atoms with Crippen molar-refractivity contribution in [3.63, 3.8) is 0 Å². The predicted octanol–water partition coefficient (Wildman–Crippen LogP) is 7.45. The molecule has 0 aromatic rings. The van der Waals surface area contributed by atoms with E-state index in [4.69, 9.17) is 5.11 Å². The first-order valence-electron chi connectivity index (χ1n) is 12.6. The van der Waals surface area contributed by atoms with E-state index in [1.165, 1.54) is 83.5 Å². The van der Waals surface area contributed by atoms with Crippen molar-refractivity contribution in [3.8, 4) is 0 Å². The molecule has 1 unspecified atom stereocenters. The van der Waals surface area contributed by atoms with Gasteiger partial charge >= 0.3 is 0 Å². The molecule has 0 bridgehead atoms. The molecule has 0 rings (SSSR count). The first kappa shape index (κ1) is 28.9. The van der Waals surface area contributed by atoms with E-state index >= 15 is 0 Å². The number of hydrogen-bond donors (Lipinski definition) is 2. The number of aliphatic hydroxyl groups excluding tert-OH is 1. The van der Waals surface area contributed by atoms with E-state index in [0.717, 1.165) is 38.5 Å². The summed E-state index contributed by atoms with van der Waals surface area (Å²) in [5.41, 5.74) is 0. The maximum absolute atomic E-state index is 11.6. The zero-order valence-electron chi connectivity index (χ0n) is 19.3. The summed E-state index contributed by atoms with van der Waals surface area (Å²) >= 11 is 0. The Hall–Kier alpha value is -0.130. The summed E-state index contributed by atoms with van der Waals surface area (Å²) < 4.78 is 32.8. The van der Waals surface area contributed by atoms with Crippen LogP contribution in [0.1, 0.15) is 142 Å². The topological polar surface area (TPSA) is 74.6 Å². The molecule has 0 aromatic heterocycles. The molecule has 0 saturated heterocycles. The highest BCUT2D eigenvalue weighted by atomic mass is 32.2. The van der Waals surface area contributed by atoms with Gasteiger partial charge < -0.3 is 5.11 Å². The zero-order chi connectivity index (χ0) is 21.6. The Bertz CT molecular complexity index is 423. The monoisotopic (exact) mass is 434 g/mol. The van der Waals surface area contributed by atoms with E-state index in [-0.39, 0.29) is 0 Å². The van der Waals surface area contributed by atoms with Crippen LogP contribution in [0.3, 0.4) is 0 Å². The van der Waals surface area contributed by atoms with E-state index in [0.29, 0.717) is 19.4 Å². The van der Waals surface area contributed by atoms with Crippen LogP contribution in [0.5, 0.6) is 0 Å². The van der Waals surface area contributed by atoms with Crippen LogP contribution in [-0.2, 0) is 10.1 Å². The fourth-order valence-corrected chi connectivity index (χ4v) is 4.95. The molecule has 0 aliphatic carbocycles. The minimum Gasteiger partial charge on any atom is -0.396 e. The number of aliphatic hydroxyl groups is 1. The minimum atomic E-state index is -3.90. The molecule has 2 N–H and O–H groups in total. The third-order valence-electron chi connectivity index (χ3n) is 5.99. The van der Waals surface area contributed by atoms with Gasteiger partial charge in [-0.05, 0) is 19.3 Å². The molecule has 0 amide bonds. The SMILES string of the molecule is CCCCCCCCCC(CCCCCCCCCCCCCCO)S(=O)(=O)O. The van der Waals surface area contributed by atoms with E-state index < -0.39 is 15.4 Å². The first-order valence-corrected chi connectivity index (χ1v) is 14.1. The summed E-state index contributed by atoms with van der Waals surface area (Å²) in [6.45, 7) is 2.53. The second-order valence-corrected chi connectivity index (χ2v) is 10.5. The van der Waals surface area contributed by atoms with E-state index in [1.807, 2.05) is 0 Å². The van der Waals surface area contributed by atoms with E-state index in [9.17, 15) is 13.0 Å². The van der Waals surface area contributed by atoms with Gasteiger partial charge in [0.15, 0.2) is 0 Å². The number of rotatable bonds is 23. The van der Waals surface area contributed by atoms with Gasteiger partial charge in [0.2, 0.25) is 0 Å². The van der Waals surface area contributed by atoms with E-state index in [2.05, 4.69) is 6.92 Å². The second-order valence-electron chi connectivity index (χ2n) is 8.80. The Balaban J connectivity index is 3.58. The van der Waals surface area contributed by atoms with Crippen molar-refractivity contribution >= 4 is 10.1 Å². The molecule has 0 aliphatic heterocycles. The number of hydrogen-bond acceptors (Lipinski definition) is 3. The third-order valence-corrected chi connectivity index (χ3v) is 7.30. The molecular formula is C24H50O4S. The highest BCUT2D eigenvalue weighted by Crippen LogP contribution is 2.19. The Morgan fingerprint density at radius 2 is 0.862 bits per heavy atom. The minimum absolute atomic E-state index is 0.324. The molecule has 0 fully saturated rings.